The maximum Gasteiger partial charge on any atom is 0.385 e. The number of hydrogen-bond donors (Lipinski definition) is 0. The number of ether oxygens (including phenoxy) is 1. The van der Waals surface area contributed by atoms with Gasteiger partial charge < -0.3 is 4.74 Å². The largest absolute Gasteiger partial charge is 0.451 e. The van der Waals surface area contributed by atoms with E-state index in [0.29, 0.717) is 0 Å². The zero-order valence-electron chi connectivity index (χ0n) is 12.4. The zero-order valence-corrected chi connectivity index (χ0v) is 12.4. The van der Waals surface area contributed by atoms with Crippen molar-refractivity contribution in [2.45, 2.75) is 6.92 Å². The molecular formula is C20H16O2. The molecule has 0 saturated carbocycles. The summed E-state index contributed by atoms with van der Waals surface area (Å²) in [6.45, 7) is 2.12. The maximum absolute atomic E-state index is 11.5. The highest BCUT2D eigenvalue weighted by atomic mass is 16.5. The van der Waals surface area contributed by atoms with Crippen LogP contribution in [0.5, 0.6) is 0 Å². The van der Waals surface area contributed by atoms with Gasteiger partial charge in [-0.2, -0.15) is 0 Å². The minimum atomic E-state index is -0.542. The summed E-state index contributed by atoms with van der Waals surface area (Å²) in [5.74, 6) is 4.67. The summed E-state index contributed by atoms with van der Waals surface area (Å²) in [6.07, 6.45) is 1.68. The molecule has 22 heavy (non-hydrogen) atoms. The molecule has 2 rings (SSSR count). The van der Waals surface area contributed by atoms with Gasteiger partial charge in [-0.15, -0.1) is 5.73 Å². The van der Waals surface area contributed by atoms with E-state index in [9.17, 15) is 4.79 Å². The summed E-state index contributed by atoms with van der Waals surface area (Å²) >= 11 is 0. The molecule has 0 fully saturated rings. The van der Waals surface area contributed by atoms with Crippen molar-refractivity contribution in [2.75, 3.05) is 6.61 Å². The van der Waals surface area contributed by atoms with Crippen LogP contribution in [0.2, 0.25) is 0 Å². The fourth-order valence-corrected chi connectivity index (χ4v) is 1.76. The second kappa shape index (κ2) is 8.32. The van der Waals surface area contributed by atoms with Crippen molar-refractivity contribution in [3.05, 3.63) is 83.6 Å². The predicted octanol–water partition coefficient (Wildman–Crippen LogP) is 3.84. The van der Waals surface area contributed by atoms with Gasteiger partial charge in [-0.05, 0) is 36.3 Å². The molecule has 0 spiro atoms. The molecule has 0 N–H and O–H groups in total. The van der Waals surface area contributed by atoms with Crippen LogP contribution in [-0.2, 0) is 9.53 Å². The molecule has 0 aliphatic heterocycles. The summed E-state index contributed by atoms with van der Waals surface area (Å²) in [4.78, 5) is 11.5. The van der Waals surface area contributed by atoms with Crippen molar-refractivity contribution < 1.29 is 9.53 Å². The quantitative estimate of drug-likeness (QED) is 0.487. The zero-order chi connectivity index (χ0) is 15.6. The van der Waals surface area contributed by atoms with Crippen LogP contribution in [0.3, 0.4) is 0 Å². The van der Waals surface area contributed by atoms with Crippen LogP contribution < -0.4 is 0 Å². The smallest absolute Gasteiger partial charge is 0.385 e. The molecule has 2 nitrogen and oxygen atoms in total. The van der Waals surface area contributed by atoms with Gasteiger partial charge in [0.05, 0.1) is 0 Å². The standard InChI is InChI=1S/C20H16O2/c1-17(19-12-6-3-7-13-19)9-8-16-22-20(21)15-14-18-10-4-2-5-11-18/h2-8,10-13H,16H2,1H3. The summed E-state index contributed by atoms with van der Waals surface area (Å²) in [5, 5.41) is 0. The summed E-state index contributed by atoms with van der Waals surface area (Å²) in [7, 11) is 0. The molecule has 2 aromatic carbocycles. The maximum atomic E-state index is 11.5. The average molecular weight is 288 g/mol. The molecule has 0 bridgehead atoms. The summed E-state index contributed by atoms with van der Waals surface area (Å²) < 4.78 is 5.01. The molecule has 0 aliphatic rings. The third-order valence-corrected chi connectivity index (χ3v) is 2.91. The van der Waals surface area contributed by atoms with E-state index in [-0.39, 0.29) is 6.61 Å². The highest BCUT2D eigenvalue weighted by Gasteiger charge is 1.94. The number of rotatable bonds is 3. The SMILES string of the molecule is CC(=C=CCOC(=O)C#Cc1ccccc1)c1ccccc1. The first-order chi connectivity index (χ1) is 10.8. The van der Waals surface area contributed by atoms with E-state index in [0.717, 1.165) is 16.7 Å². The normalized spacial score (nSPS) is 8.95. The third-order valence-electron chi connectivity index (χ3n) is 2.91. The van der Waals surface area contributed by atoms with Crippen LogP contribution in [0.25, 0.3) is 5.57 Å². The molecule has 0 aliphatic carbocycles. The van der Waals surface area contributed by atoms with Gasteiger partial charge in [-0.3, -0.25) is 0 Å². The van der Waals surface area contributed by atoms with Crippen molar-refractivity contribution in [2.24, 2.45) is 0 Å². The Bertz CT molecular complexity index is 741. The van der Waals surface area contributed by atoms with E-state index in [2.05, 4.69) is 17.6 Å². The Labute approximate surface area is 130 Å². The average Bonchev–Trinajstić information content (AvgIpc) is 2.58. The molecule has 2 aromatic rings. The van der Waals surface area contributed by atoms with Crippen LogP contribution in [0.1, 0.15) is 18.1 Å². The molecule has 0 heterocycles. The van der Waals surface area contributed by atoms with Crippen molar-refractivity contribution in [3.8, 4) is 11.8 Å². The molecule has 0 amide bonds. The van der Waals surface area contributed by atoms with Crippen molar-refractivity contribution in [3.63, 3.8) is 0 Å². The number of hydrogen-bond acceptors (Lipinski definition) is 2. The molecule has 0 aromatic heterocycles. The Kier molecular flexibility index (Phi) is 5.81. The molecule has 0 saturated heterocycles. The van der Waals surface area contributed by atoms with Gasteiger partial charge in [0.25, 0.3) is 0 Å². The fourth-order valence-electron chi connectivity index (χ4n) is 1.76. The van der Waals surface area contributed by atoms with Crippen LogP contribution in [0, 0.1) is 11.8 Å². The molecule has 2 heteroatoms. The van der Waals surface area contributed by atoms with Crippen molar-refractivity contribution in [1.29, 1.82) is 0 Å². The highest BCUT2D eigenvalue weighted by molar-refractivity contribution is 5.89. The molecule has 108 valence electrons. The van der Waals surface area contributed by atoms with Crippen LogP contribution in [0.4, 0.5) is 0 Å². The Morgan fingerprint density at radius 2 is 1.68 bits per heavy atom. The minimum absolute atomic E-state index is 0.159. The first-order valence-electron chi connectivity index (χ1n) is 6.97. The van der Waals surface area contributed by atoms with Crippen LogP contribution in [-0.4, -0.2) is 12.6 Å². The lowest BCUT2D eigenvalue weighted by Crippen LogP contribution is -2.00. The van der Waals surface area contributed by atoms with Gasteiger partial charge >= 0.3 is 5.97 Å². The highest BCUT2D eigenvalue weighted by Crippen LogP contribution is 2.10. The Balaban J connectivity index is 1.87. The number of benzene rings is 2. The van der Waals surface area contributed by atoms with E-state index in [1.807, 2.05) is 67.6 Å². The van der Waals surface area contributed by atoms with Gasteiger partial charge in [0.1, 0.15) is 6.61 Å². The summed E-state index contributed by atoms with van der Waals surface area (Å²) in [6, 6.07) is 19.2. The van der Waals surface area contributed by atoms with Crippen LogP contribution in [0.15, 0.2) is 72.5 Å². The van der Waals surface area contributed by atoms with Gasteiger partial charge in [-0.1, -0.05) is 54.5 Å². The van der Waals surface area contributed by atoms with E-state index < -0.39 is 5.97 Å². The van der Waals surface area contributed by atoms with E-state index in [1.165, 1.54) is 0 Å². The molecular weight excluding hydrogens is 272 g/mol. The predicted molar refractivity (Wildman–Crippen MR) is 87.9 cm³/mol. The van der Waals surface area contributed by atoms with Gasteiger partial charge in [0, 0.05) is 11.5 Å². The number of carbonyl (C=O) groups excluding carboxylic acids is 1. The van der Waals surface area contributed by atoms with E-state index in [4.69, 9.17) is 4.74 Å². The second-order valence-corrected chi connectivity index (χ2v) is 4.55. The fraction of sp³-hybridized carbons (Fsp3) is 0.100. The molecule has 0 radical (unpaired) electrons. The Morgan fingerprint density at radius 1 is 1.05 bits per heavy atom. The monoisotopic (exact) mass is 288 g/mol. The minimum Gasteiger partial charge on any atom is -0.451 e. The van der Waals surface area contributed by atoms with Crippen LogP contribution >= 0.6 is 0 Å². The van der Waals surface area contributed by atoms with Crippen molar-refractivity contribution >= 4 is 11.5 Å². The van der Waals surface area contributed by atoms with E-state index in [1.54, 1.807) is 6.08 Å². The number of esters is 1. The lowest BCUT2D eigenvalue weighted by molar-refractivity contribution is -0.135. The third kappa shape index (κ3) is 5.17. The van der Waals surface area contributed by atoms with Gasteiger partial charge in [0.15, 0.2) is 0 Å². The van der Waals surface area contributed by atoms with Gasteiger partial charge in [-0.25, -0.2) is 4.79 Å². The first-order valence-corrected chi connectivity index (χ1v) is 6.97. The Morgan fingerprint density at radius 3 is 2.36 bits per heavy atom. The molecule has 0 unspecified atom stereocenters. The molecule has 0 atom stereocenters. The topological polar surface area (TPSA) is 26.3 Å². The lowest BCUT2D eigenvalue weighted by atomic mass is 10.1. The van der Waals surface area contributed by atoms with E-state index >= 15 is 0 Å². The van der Waals surface area contributed by atoms with Gasteiger partial charge in [0.2, 0.25) is 0 Å². The van der Waals surface area contributed by atoms with Crippen molar-refractivity contribution in [1.82, 2.24) is 0 Å². The lowest BCUT2D eigenvalue weighted by Gasteiger charge is -1.96. The number of carbonyl (C=O) groups is 1. The second-order valence-electron chi connectivity index (χ2n) is 4.55. The summed E-state index contributed by atoms with van der Waals surface area (Å²) in [5.41, 5.74) is 5.97. The first kappa shape index (κ1) is 15.4. The Hall–Kier alpha value is -3.01.